The van der Waals surface area contributed by atoms with Crippen LogP contribution in [0.15, 0.2) is 66.9 Å². The highest BCUT2D eigenvalue weighted by Gasteiger charge is 2.44. The summed E-state index contributed by atoms with van der Waals surface area (Å²) in [5, 5.41) is 3.64. The summed E-state index contributed by atoms with van der Waals surface area (Å²) in [7, 11) is 3.14. The van der Waals surface area contributed by atoms with Crippen LogP contribution in [0.1, 0.15) is 38.2 Å². The number of carbonyl (C=O) groups excluding carboxylic acids is 3. The second-order valence-electron chi connectivity index (χ2n) is 11.4. The maximum Gasteiger partial charge on any atom is 0.331 e. The lowest BCUT2D eigenvalue weighted by atomic mass is 10.0. The van der Waals surface area contributed by atoms with Crippen LogP contribution in [0.3, 0.4) is 0 Å². The molecule has 11 heteroatoms. The number of nitrogens with one attached hydrogen (secondary N) is 1. The first-order valence-electron chi connectivity index (χ1n) is 14.7. The maximum absolute atomic E-state index is 13.6. The van der Waals surface area contributed by atoms with E-state index in [0.717, 1.165) is 28.7 Å². The number of hydrogen-bond acceptors (Lipinski definition) is 7. The Morgan fingerprint density at radius 1 is 0.933 bits per heavy atom. The van der Waals surface area contributed by atoms with Gasteiger partial charge in [0.05, 0.1) is 25.4 Å². The van der Waals surface area contributed by atoms with Gasteiger partial charge in [-0.15, -0.1) is 0 Å². The molecule has 1 aliphatic carbocycles. The number of pyridine rings is 1. The lowest BCUT2D eigenvalue weighted by Gasteiger charge is -2.39. The molecule has 1 aliphatic heterocycles. The Morgan fingerprint density at radius 3 is 2.31 bits per heavy atom. The minimum absolute atomic E-state index is 0.0705. The van der Waals surface area contributed by atoms with E-state index in [0.29, 0.717) is 34.2 Å². The summed E-state index contributed by atoms with van der Waals surface area (Å²) in [6.45, 7) is 3.55. The van der Waals surface area contributed by atoms with E-state index in [9.17, 15) is 18.8 Å². The molecule has 0 bridgehead atoms. The van der Waals surface area contributed by atoms with Gasteiger partial charge in [-0.25, -0.2) is 14.1 Å². The van der Waals surface area contributed by atoms with E-state index in [4.69, 9.17) is 14.2 Å². The van der Waals surface area contributed by atoms with E-state index >= 15 is 0 Å². The van der Waals surface area contributed by atoms with Crippen molar-refractivity contribution in [3.63, 3.8) is 0 Å². The summed E-state index contributed by atoms with van der Waals surface area (Å²) in [4.78, 5) is 47.2. The van der Waals surface area contributed by atoms with Gasteiger partial charge in [0.1, 0.15) is 23.2 Å². The Bertz CT molecular complexity index is 1790. The topological polar surface area (TPSA) is 110 Å². The predicted molar refractivity (Wildman–Crippen MR) is 167 cm³/mol. The highest BCUT2D eigenvalue weighted by atomic mass is 19.1. The van der Waals surface area contributed by atoms with Crippen molar-refractivity contribution in [3.05, 3.63) is 78.2 Å². The number of amides is 4. The average molecular weight is 613 g/mol. The van der Waals surface area contributed by atoms with Gasteiger partial charge < -0.3 is 24.4 Å². The number of fused-ring (bicyclic) bond motifs is 1. The number of carbonyl (C=O) groups is 3. The van der Waals surface area contributed by atoms with E-state index in [2.05, 4.69) is 10.3 Å². The van der Waals surface area contributed by atoms with Gasteiger partial charge in [0.2, 0.25) is 11.8 Å². The first-order chi connectivity index (χ1) is 21.7. The van der Waals surface area contributed by atoms with Gasteiger partial charge in [-0.05, 0) is 92.8 Å². The number of anilines is 2. The second kappa shape index (κ2) is 12.1. The Balaban J connectivity index is 1.27. The van der Waals surface area contributed by atoms with Crippen LogP contribution in [-0.4, -0.2) is 54.5 Å². The number of imide groups is 1. The van der Waals surface area contributed by atoms with Crippen molar-refractivity contribution in [3.8, 4) is 23.0 Å². The lowest BCUT2D eigenvalue weighted by molar-refractivity contribution is -0.132. The summed E-state index contributed by atoms with van der Waals surface area (Å²) in [6.07, 6.45) is 3.63. The average Bonchev–Trinajstić information content (AvgIpc) is 3.87. The molecule has 2 aliphatic rings. The van der Waals surface area contributed by atoms with E-state index in [1.54, 1.807) is 44.7 Å². The third kappa shape index (κ3) is 5.85. The minimum Gasteiger partial charge on any atom is -0.493 e. The zero-order valence-corrected chi connectivity index (χ0v) is 25.4. The van der Waals surface area contributed by atoms with Crippen molar-refractivity contribution < 1.29 is 33.0 Å². The van der Waals surface area contributed by atoms with Gasteiger partial charge in [-0.3, -0.25) is 14.6 Å². The molecule has 4 aromatic rings. The zero-order valence-electron chi connectivity index (χ0n) is 25.4. The van der Waals surface area contributed by atoms with E-state index in [-0.39, 0.29) is 24.2 Å². The monoisotopic (exact) mass is 612 g/mol. The van der Waals surface area contributed by atoms with Crippen LogP contribution in [-0.2, 0) is 9.59 Å². The fourth-order valence-corrected chi connectivity index (χ4v) is 5.50. The number of methoxy groups -OCH3 is 2. The molecule has 1 aromatic heterocycles. The number of ether oxygens (including phenoxy) is 3. The number of benzene rings is 3. The predicted octanol–water partition coefficient (Wildman–Crippen LogP) is 6.49. The Morgan fingerprint density at radius 2 is 1.64 bits per heavy atom. The number of aromatic nitrogens is 1. The highest BCUT2D eigenvalue weighted by molar-refractivity contribution is 6.23. The number of nitrogens with zero attached hydrogens (tertiary/aromatic N) is 3. The van der Waals surface area contributed by atoms with Crippen molar-refractivity contribution in [2.24, 2.45) is 5.92 Å². The molecule has 0 spiro atoms. The lowest BCUT2D eigenvalue weighted by Crippen LogP contribution is -2.61. The molecule has 45 heavy (non-hydrogen) atoms. The molecule has 0 radical (unpaired) electrons. The molecule has 1 saturated heterocycles. The van der Waals surface area contributed by atoms with Gasteiger partial charge in [0, 0.05) is 35.9 Å². The molecule has 4 amide bonds. The van der Waals surface area contributed by atoms with Crippen LogP contribution in [0.5, 0.6) is 23.0 Å². The molecule has 1 N–H and O–H groups in total. The van der Waals surface area contributed by atoms with Crippen LogP contribution in [0.25, 0.3) is 10.9 Å². The van der Waals surface area contributed by atoms with Gasteiger partial charge in [-0.2, -0.15) is 0 Å². The summed E-state index contributed by atoms with van der Waals surface area (Å²) in [5.41, 5.74) is 2.32. The first kappa shape index (κ1) is 29.9. The molecule has 3 aromatic carbocycles. The second-order valence-corrected chi connectivity index (χ2v) is 11.4. The molecule has 232 valence electrons. The van der Waals surface area contributed by atoms with Crippen LogP contribution in [0, 0.1) is 11.7 Å². The third-order valence-corrected chi connectivity index (χ3v) is 8.08. The molecule has 2 heterocycles. The Hall–Kier alpha value is -5.19. The van der Waals surface area contributed by atoms with Crippen LogP contribution >= 0.6 is 0 Å². The summed E-state index contributed by atoms with van der Waals surface area (Å²) >= 11 is 0. The van der Waals surface area contributed by atoms with Gasteiger partial charge >= 0.3 is 6.03 Å². The van der Waals surface area contributed by atoms with Crippen molar-refractivity contribution >= 4 is 40.1 Å². The standard InChI is InChI=1S/C34H33FN4O6/c1-19(2)38-18-26(33(41)39(34(38)42)23-10-7-21(35)8-11-23)32(40)37-22-9-12-28(24(15-22)20-5-6-20)45-29-13-14-36-27-17-31(44-4)30(43-3)16-25(27)29/h7-17,19-20,26H,5-6,18H2,1-4H3,(H,37,40). The fraction of sp³-hybridized carbons (Fsp3) is 0.294. The Labute approximate surface area is 259 Å². The SMILES string of the molecule is COc1cc2nccc(Oc3ccc(NC(=O)C4CN(C(C)C)C(=O)N(c5ccc(F)cc5)C4=O)cc3C3CC3)c2cc1OC. The van der Waals surface area contributed by atoms with Crippen molar-refractivity contribution in [2.75, 3.05) is 31.0 Å². The van der Waals surface area contributed by atoms with Crippen molar-refractivity contribution in [2.45, 2.75) is 38.6 Å². The summed E-state index contributed by atoms with van der Waals surface area (Å²) in [5.74, 6) is -0.256. The van der Waals surface area contributed by atoms with Crippen LogP contribution < -0.4 is 24.4 Å². The van der Waals surface area contributed by atoms with Crippen molar-refractivity contribution in [1.82, 2.24) is 9.88 Å². The maximum atomic E-state index is 13.6. The third-order valence-electron chi connectivity index (χ3n) is 8.08. The van der Waals surface area contributed by atoms with Gasteiger partial charge in [0.25, 0.3) is 0 Å². The van der Waals surface area contributed by atoms with Crippen molar-refractivity contribution in [1.29, 1.82) is 0 Å². The number of rotatable bonds is 9. The quantitative estimate of drug-likeness (QED) is 0.215. The van der Waals surface area contributed by atoms with Crippen LogP contribution in [0.4, 0.5) is 20.6 Å². The van der Waals surface area contributed by atoms with Gasteiger partial charge in [0.15, 0.2) is 11.5 Å². The number of urea groups is 1. The van der Waals surface area contributed by atoms with E-state index in [1.807, 2.05) is 26.0 Å². The van der Waals surface area contributed by atoms with Gasteiger partial charge in [-0.1, -0.05) is 0 Å². The molecular weight excluding hydrogens is 579 g/mol. The molecule has 6 rings (SSSR count). The molecule has 2 fully saturated rings. The largest absolute Gasteiger partial charge is 0.493 e. The Kier molecular flexibility index (Phi) is 8.01. The highest BCUT2D eigenvalue weighted by Crippen LogP contribution is 2.47. The molecule has 1 unspecified atom stereocenters. The molecule has 1 saturated carbocycles. The number of halogens is 1. The molecule has 1 atom stereocenters. The normalized spacial score (nSPS) is 16.7. The smallest absolute Gasteiger partial charge is 0.331 e. The first-order valence-corrected chi connectivity index (χ1v) is 14.7. The fourth-order valence-electron chi connectivity index (χ4n) is 5.50. The minimum atomic E-state index is -1.16. The number of hydrogen-bond donors (Lipinski definition) is 1. The summed E-state index contributed by atoms with van der Waals surface area (Å²) in [6, 6.07) is 15.0. The van der Waals surface area contributed by atoms with E-state index < -0.39 is 29.6 Å². The molecule has 10 nitrogen and oxygen atoms in total. The zero-order chi connectivity index (χ0) is 31.8. The molecular formula is C34H33FN4O6. The van der Waals surface area contributed by atoms with E-state index in [1.165, 1.54) is 29.2 Å². The summed E-state index contributed by atoms with van der Waals surface area (Å²) < 4.78 is 30.9. The van der Waals surface area contributed by atoms with Crippen LogP contribution in [0.2, 0.25) is 0 Å².